The number of carbonyl (C=O) groups is 3. The van der Waals surface area contributed by atoms with Gasteiger partial charge >= 0.3 is 5.97 Å². The number of imide groups is 1. The second-order valence-corrected chi connectivity index (χ2v) is 10.4. The molecule has 0 aliphatic carbocycles. The van der Waals surface area contributed by atoms with Gasteiger partial charge in [0.05, 0.1) is 27.1 Å². The molecule has 10 nitrogen and oxygen atoms in total. The zero-order chi connectivity index (χ0) is 25.3. The maximum absolute atomic E-state index is 12.4. The van der Waals surface area contributed by atoms with E-state index in [2.05, 4.69) is 4.98 Å². The van der Waals surface area contributed by atoms with E-state index in [1.165, 1.54) is 26.2 Å². The van der Waals surface area contributed by atoms with E-state index >= 15 is 0 Å². The number of hydrogen-bond acceptors (Lipinski definition) is 7. The molecule has 1 aliphatic rings. The van der Waals surface area contributed by atoms with Crippen molar-refractivity contribution in [1.29, 1.82) is 0 Å². The third kappa shape index (κ3) is 4.56. The average molecular weight is 499 g/mol. The van der Waals surface area contributed by atoms with Crippen LogP contribution in [0.5, 0.6) is 0 Å². The summed E-state index contributed by atoms with van der Waals surface area (Å²) < 4.78 is 33.2. The molecule has 0 fully saturated rings. The number of aromatic nitrogens is 2. The Hall–Kier alpha value is -3.57. The molecule has 35 heavy (non-hydrogen) atoms. The quantitative estimate of drug-likeness (QED) is 0.328. The molecule has 0 atom stereocenters. The fraction of sp³-hybridized carbons (Fsp3) is 0.333. The third-order valence-corrected chi connectivity index (χ3v) is 7.71. The molecule has 11 heteroatoms. The molecule has 0 spiro atoms. The van der Waals surface area contributed by atoms with Crippen molar-refractivity contribution in [2.45, 2.75) is 37.8 Å². The molecule has 0 saturated heterocycles. The number of ether oxygens (including phenoxy) is 1. The van der Waals surface area contributed by atoms with Crippen LogP contribution < -0.4 is 0 Å². The fourth-order valence-electron chi connectivity index (χ4n) is 4.03. The maximum Gasteiger partial charge on any atom is 0.306 e. The number of esters is 1. The number of carbonyl (C=O) groups excluding carboxylic acids is 3. The fourth-order valence-corrected chi connectivity index (χ4v) is 4.96. The SMILES string of the molecule is CCn1c(COC(=O)CCCN2C(=O)c3ccccc3C2=O)nc2cc(S(=O)(=O)N(C)C)ccc21. The predicted octanol–water partition coefficient (Wildman–Crippen LogP) is 2.43. The molecule has 0 N–H and O–H groups in total. The molecule has 1 aliphatic heterocycles. The molecule has 2 heterocycles. The van der Waals surface area contributed by atoms with Gasteiger partial charge in [-0.2, -0.15) is 0 Å². The van der Waals surface area contributed by atoms with Gasteiger partial charge in [0.2, 0.25) is 10.0 Å². The lowest BCUT2D eigenvalue weighted by molar-refractivity contribution is -0.145. The van der Waals surface area contributed by atoms with Gasteiger partial charge in [0.25, 0.3) is 11.8 Å². The lowest BCUT2D eigenvalue weighted by Gasteiger charge is -2.13. The van der Waals surface area contributed by atoms with E-state index in [1.807, 2.05) is 11.5 Å². The standard InChI is InChI=1S/C24H26N4O6S/c1-4-27-20-12-11-16(35(32,33)26(2)3)14-19(20)25-21(27)15-34-22(29)10-7-13-28-23(30)17-8-5-6-9-18(17)24(28)31/h5-6,8-9,11-12,14H,4,7,10,13,15H2,1-3H3. The smallest absolute Gasteiger partial charge is 0.306 e. The molecule has 184 valence electrons. The van der Waals surface area contributed by atoms with Crippen molar-refractivity contribution in [2.24, 2.45) is 0 Å². The molecule has 0 saturated carbocycles. The Balaban J connectivity index is 1.37. The summed E-state index contributed by atoms with van der Waals surface area (Å²) in [6, 6.07) is 11.4. The monoisotopic (exact) mass is 498 g/mol. The second-order valence-electron chi connectivity index (χ2n) is 8.28. The van der Waals surface area contributed by atoms with Crippen LogP contribution in [0.4, 0.5) is 0 Å². The van der Waals surface area contributed by atoms with Crippen LogP contribution >= 0.6 is 0 Å². The highest BCUT2D eigenvalue weighted by Crippen LogP contribution is 2.24. The normalized spacial score (nSPS) is 13.7. The Labute approximate surface area is 203 Å². The van der Waals surface area contributed by atoms with Gasteiger partial charge in [-0.05, 0) is 43.7 Å². The number of aryl methyl sites for hydroxylation is 1. The summed E-state index contributed by atoms with van der Waals surface area (Å²) in [5.74, 6) is -0.694. The summed E-state index contributed by atoms with van der Waals surface area (Å²) in [6.45, 7) is 2.52. The highest BCUT2D eigenvalue weighted by atomic mass is 32.2. The Kier molecular flexibility index (Phi) is 6.73. The number of imidazole rings is 1. The van der Waals surface area contributed by atoms with Gasteiger partial charge < -0.3 is 9.30 Å². The number of amides is 2. The van der Waals surface area contributed by atoms with E-state index in [9.17, 15) is 22.8 Å². The van der Waals surface area contributed by atoms with Gasteiger partial charge in [-0.25, -0.2) is 17.7 Å². The number of hydrogen-bond donors (Lipinski definition) is 0. The summed E-state index contributed by atoms with van der Waals surface area (Å²) in [7, 11) is -0.677. The number of benzene rings is 2. The second kappa shape index (κ2) is 9.59. The Morgan fingerprint density at radius 3 is 2.31 bits per heavy atom. The zero-order valence-corrected chi connectivity index (χ0v) is 20.5. The molecule has 0 unspecified atom stereocenters. The number of rotatable bonds is 9. The van der Waals surface area contributed by atoms with E-state index < -0.39 is 16.0 Å². The molecule has 4 rings (SSSR count). The highest BCUT2D eigenvalue weighted by Gasteiger charge is 2.34. The first-order chi connectivity index (χ1) is 16.6. The first kappa shape index (κ1) is 24.6. The largest absolute Gasteiger partial charge is 0.458 e. The molecule has 0 bridgehead atoms. The van der Waals surface area contributed by atoms with Crippen LogP contribution in [0.2, 0.25) is 0 Å². The van der Waals surface area contributed by atoms with Crippen LogP contribution in [0.3, 0.4) is 0 Å². The molecule has 2 amide bonds. The van der Waals surface area contributed by atoms with Crippen LogP contribution in [0, 0.1) is 0 Å². The Bertz CT molecular complexity index is 1390. The highest BCUT2D eigenvalue weighted by molar-refractivity contribution is 7.89. The van der Waals surface area contributed by atoms with Gasteiger partial charge in [-0.3, -0.25) is 19.3 Å². The first-order valence-electron chi connectivity index (χ1n) is 11.2. The van der Waals surface area contributed by atoms with Crippen molar-refractivity contribution < 1.29 is 27.5 Å². The van der Waals surface area contributed by atoms with Gasteiger partial charge in [0.1, 0.15) is 12.4 Å². The molecular formula is C24H26N4O6S. The summed E-state index contributed by atoms with van der Waals surface area (Å²) in [5, 5.41) is 0. The predicted molar refractivity (Wildman–Crippen MR) is 127 cm³/mol. The van der Waals surface area contributed by atoms with Gasteiger partial charge in [-0.15, -0.1) is 0 Å². The van der Waals surface area contributed by atoms with Crippen molar-refractivity contribution in [3.8, 4) is 0 Å². The first-order valence-corrected chi connectivity index (χ1v) is 12.6. The van der Waals surface area contributed by atoms with Crippen LogP contribution in [0.15, 0.2) is 47.4 Å². The zero-order valence-electron chi connectivity index (χ0n) is 19.7. The average Bonchev–Trinajstić information content (AvgIpc) is 3.32. The van der Waals surface area contributed by atoms with Crippen molar-refractivity contribution in [1.82, 2.24) is 18.8 Å². The number of fused-ring (bicyclic) bond motifs is 2. The van der Waals surface area contributed by atoms with E-state index in [4.69, 9.17) is 4.74 Å². The molecule has 2 aromatic carbocycles. The van der Waals surface area contributed by atoms with Crippen molar-refractivity contribution in [3.05, 3.63) is 59.4 Å². The summed E-state index contributed by atoms with van der Waals surface area (Å²) in [6.07, 6.45) is 0.311. The summed E-state index contributed by atoms with van der Waals surface area (Å²) in [4.78, 5) is 42.9. The van der Waals surface area contributed by atoms with Crippen LogP contribution in [0.1, 0.15) is 46.3 Å². The van der Waals surface area contributed by atoms with Crippen molar-refractivity contribution in [2.75, 3.05) is 20.6 Å². The van der Waals surface area contributed by atoms with Gasteiger partial charge in [0.15, 0.2) is 0 Å². The lowest BCUT2D eigenvalue weighted by atomic mass is 10.1. The Morgan fingerprint density at radius 1 is 1.06 bits per heavy atom. The van der Waals surface area contributed by atoms with Gasteiger partial charge in [-0.1, -0.05) is 12.1 Å². The summed E-state index contributed by atoms with van der Waals surface area (Å²) >= 11 is 0. The Morgan fingerprint density at radius 2 is 1.71 bits per heavy atom. The number of sulfonamides is 1. The minimum Gasteiger partial charge on any atom is -0.458 e. The van der Waals surface area contributed by atoms with Gasteiger partial charge in [0, 0.05) is 33.6 Å². The van der Waals surface area contributed by atoms with E-state index in [0.29, 0.717) is 29.0 Å². The summed E-state index contributed by atoms with van der Waals surface area (Å²) in [5.41, 5.74) is 1.98. The van der Waals surface area contributed by atoms with E-state index in [-0.39, 0.29) is 42.7 Å². The van der Waals surface area contributed by atoms with Crippen molar-refractivity contribution >= 4 is 38.8 Å². The van der Waals surface area contributed by atoms with Crippen LogP contribution in [0.25, 0.3) is 11.0 Å². The lowest BCUT2D eigenvalue weighted by Crippen LogP contribution is -2.31. The molecule has 0 radical (unpaired) electrons. The maximum atomic E-state index is 12.4. The topological polar surface area (TPSA) is 119 Å². The molecule has 3 aromatic rings. The van der Waals surface area contributed by atoms with E-state index in [1.54, 1.807) is 30.3 Å². The molecule has 1 aromatic heterocycles. The molecular weight excluding hydrogens is 472 g/mol. The van der Waals surface area contributed by atoms with Crippen molar-refractivity contribution in [3.63, 3.8) is 0 Å². The minimum absolute atomic E-state index is 0.0327. The third-order valence-electron chi connectivity index (χ3n) is 5.90. The van der Waals surface area contributed by atoms with E-state index in [0.717, 1.165) is 14.7 Å². The minimum atomic E-state index is -3.60. The van der Waals surface area contributed by atoms with Crippen LogP contribution in [-0.2, 0) is 32.7 Å². The van der Waals surface area contributed by atoms with Crippen LogP contribution in [-0.4, -0.2) is 65.6 Å². The number of nitrogens with zero attached hydrogens (tertiary/aromatic N) is 4.